The van der Waals surface area contributed by atoms with Crippen molar-refractivity contribution in [3.8, 4) is 0 Å². The minimum atomic E-state index is -0.0739. The van der Waals surface area contributed by atoms with Gasteiger partial charge in [-0.05, 0) is 24.1 Å². The zero-order valence-electron chi connectivity index (χ0n) is 11.3. The topological polar surface area (TPSA) is 57.8 Å². The van der Waals surface area contributed by atoms with Gasteiger partial charge < -0.3 is 10.3 Å². The van der Waals surface area contributed by atoms with Crippen molar-refractivity contribution in [2.24, 2.45) is 0 Å². The van der Waals surface area contributed by atoms with Crippen molar-refractivity contribution in [2.75, 3.05) is 5.32 Å². The Morgan fingerprint density at radius 2 is 2.14 bits per heavy atom. The van der Waals surface area contributed by atoms with E-state index in [9.17, 15) is 4.79 Å². The van der Waals surface area contributed by atoms with Crippen LogP contribution in [0.15, 0.2) is 48.9 Å². The second kappa shape index (κ2) is 5.97. The molecule has 2 aromatic heterocycles. The fraction of sp³-hybridized carbons (Fsp3) is 0.125. The van der Waals surface area contributed by atoms with Crippen LogP contribution >= 0.6 is 11.6 Å². The third kappa shape index (κ3) is 3.06. The average Bonchev–Trinajstić information content (AvgIpc) is 2.91. The quantitative estimate of drug-likeness (QED) is 0.770. The molecule has 1 amide bonds. The number of halogens is 1. The van der Waals surface area contributed by atoms with Gasteiger partial charge in [-0.3, -0.25) is 9.78 Å². The summed E-state index contributed by atoms with van der Waals surface area (Å²) in [4.78, 5) is 19.1. The summed E-state index contributed by atoms with van der Waals surface area (Å²) in [7, 11) is 0. The Labute approximate surface area is 127 Å². The average molecular weight is 300 g/mol. The summed E-state index contributed by atoms with van der Waals surface area (Å²) >= 11 is 5.99. The number of nitrogens with one attached hydrogen (secondary N) is 2. The smallest absolute Gasteiger partial charge is 0.224 e. The van der Waals surface area contributed by atoms with Crippen LogP contribution in [0.3, 0.4) is 0 Å². The van der Waals surface area contributed by atoms with Crippen LogP contribution in [0.5, 0.6) is 0 Å². The molecule has 0 radical (unpaired) electrons. The lowest BCUT2D eigenvalue weighted by Gasteiger charge is -2.06. The lowest BCUT2D eigenvalue weighted by molar-refractivity contribution is -0.116. The molecule has 2 N–H and O–H groups in total. The summed E-state index contributed by atoms with van der Waals surface area (Å²) in [5.74, 6) is -0.0739. The molecule has 0 aliphatic rings. The predicted octanol–water partition coefficient (Wildman–Crippen LogP) is 3.79. The maximum atomic E-state index is 12.0. The molecule has 2 heterocycles. The lowest BCUT2D eigenvalue weighted by Crippen LogP contribution is -2.12. The Morgan fingerprint density at radius 3 is 3.00 bits per heavy atom. The standard InChI is InChI=1S/C16H14ClN3O/c17-13-7-8-18-10-15(13)20-16(21)6-5-11-9-19-14-4-2-1-3-12(11)14/h1-4,7-10,19H,5-6H2,(H,20,21). The molecule has 106 valence electrons. The molecule has 3 rings (SSSR count). The molecule has 0 spiro atoms. The number of carbonyl (C=O) groups excluding carboxylic acids is 1. The van der Waals surface area contributed by atoms with E-state index in [1.165, 1.54) is 0 Å². The van der Waals surface area contributed by atoms with E-state index in [4.69, 9.17) is 11.6 Å². The largest absolute Gasteiger partial charge is 0.361 e. The van der Waals surface area contributed by atoms with E-state index in [-0.39, 0.29) is 5.91 Å². The minimum Gasteiger partial charge on any atom is -0.361 e. The number of nitrogens with zero attached hydrogens (tertiary/aromatic N) is 1. The first-order valence-electron chi connectivity index (χ1n) is 6.68. The molecule has 4 nitrogen and oxygen atoms in total. The molecule has 1 aromatic carbocycles. The van der Waals surface area contributed by atoms with Crippen molar-refractivity contribution in [3.63, 3.8) is 0 Å². The number of fused-ring (bicyclic) bond motifs is 1. The van der Waals surface area contributed by atoms with Gasteiger partial charge in [-0.25, -0.2) is 0 Å². The molecule has 3 aromatic rings. The van der Waals surface area contributed by atoms with E-state index in [0.29, 0.717) is 23.6 Å². The number of amides is 1. The van der Waals surface area contributed by atoms with E-state index in [1.54, 1.807) is 18.5 Å². The van der Waals surface area contributed by atoms with Gasteiger partial charge in [-0.15, -0.1) is 0 Å². The normalized spacial score (nSPS) is 10.7. The van der Waals surface area contributed by atoms with E-state index in [1.807, 2.05) is 24.4 Å². The van der Waals surface area contributed by atoms with Crippen molar-refractivity contribution in [3.05, 3.63) is 59.5 Å². The first-order chi connectivity index (χ1) is 10.2. The molecule has 0 aliphatic carbocycles. The number of aromatic nitrogens is 2. The molecular formula is C16H14ClN3O. The van der Waals surface area contributed by atoms with Crippen molar-refractivity contribution < 1.29 is 4.79 Å². The molecule has 0 fully saturated rings. The second-order valence-corrected chi connectivity index (χ2v) is 5.17. The Kier molecular flexibility index (Phi) is 3.88. The number of rotatable bonds is 4. The highest BCUT2D eigenvalue weighted by Crippen LogP contribution is 2.21. The third-order valence-electron chi connectivity index (χ3n) is 3.34. The van der Waals surface area contributed by atoms with Gasteiger partial charge in [-0.2, -0.15) is 0 Å². The second-order valence-electron chi connectivity index (χ2n) is 4.76. The number of anilines is 1. The van der Waals surface area contributed by atoms with Gasteiger partial charge in [0.25, 0.3) is 0 Å². The highest BCUT2D eigenvalue weighted by molar-refractivity contribution is 6.33. The van der Waals surface area contributed by atoms with Gasteiger partial charge >= 0.3 is 0 Å². The zero-order chi connectivity index (χ0) is 14.7. The predicted molar refractivity (Wildman–Crippen MR) is 84.5 cm³/mol. The summed E-state index contributed by atoms with van der Waals surface area (Å²) in [5, 5.41) is 4.43. The minimum absolute atomic E-state index is 0.0739. The zero-order valence-corrected chi connectivity index (χ0v) is 12.0. The lowest BCUT2D eigenvalue weighted by atomic mass is 10.1. The summed E-state index contributed by atoms with van der Waals surface area (Å²) in [6.07, 6.45) is 6.16. The number of benzene rings is 1. The van der Waals surface area contributed by atoms with Crippen LogP contribution in [0.25, 0.3) is 10.9 Å². The molecule has 21 heavy (non-hydrogen) atoms. The summed E-state index contributed by atoms with van der Waals surface area (Å²) in [6.45, 7) is 0. The fourth-order valence-electron chi connectivity index (χ4n) is 2.27. The molecule has 0 atom stereocenters. The van der Waals surface area contributed by atoms with Crippen molar-refractivity contribution in [2.45, 2.75) is 12.8 Å². The van der Waals surface area contributed by atoms with Gasteiger partial charge in [0.15, 0.2) is 0 Å². The highest BCUT2D eigenvalue weighted by atomic mass is 35.5. The number of carbonyl (C=O) groups is 1. The maximum absolute atomic E-state index is 12.0. The van der Waals surface area contributed by atoms with Gasteiger partial charge in [-0.1, -0.05) is 29.8 Å². The van der Waals surface area contributed by atoms with Crippen LogP contribution < -0.4 is 5.32 Å². The van der Waals surface area contributed by atoms with Gasteiger partial charge in [0.2, 0.25) is 5.91 Å². The maximum Gasteiger partial charge on any atom is 0.224 e. The van der Waals surface area contributed by atoms with Crippen molar-refractivity contribution >= 4 is 34.1 Å². The SMILES string of the molecule is O=C(CCc1c[nH]c2ccccc12)Nc1cnccc1Cl. The van der Waals surface area contributed by atoms with Gasteiger partial charge in [0.1, 0.15) is 0 Å². The number of para-hydroxylation sites is 1. The number of H-pyrrole nitrogens is 1. The molecule has 0 aliphatic heterocycles. The van der Waals surface area contributed by atoms with Crippen molar-refractivity contribution in [1.82, 2.24) is 9.97 Å². The Hall–Kier alpha value is -2.33. The van der Waals surface area contributed by atoms with Crippen molar-refractivity contribution in [1.29, 1.82) is 0 Å². The van der Waals surface area contributed by atoms with Crippen LogP contribution in [0, 0.1) is 0 Å². The fourth-order valence-corrected chi connectivity index (χ4v) is 2.42. The molecule has 0 saturated carbocycles. The number of hydrogen-bond acceptors (Lipinski definition) is 2. The summed E-state index contributed by atoms with van der Waals surface area (Å²) < 4.78 is 0. The Morgan fingerprint density at radius 1 is 1.29 bits per heavy atom. The molecule has 0 bridgehead atoms. The first-order valence-corrected chi connectivity index (χ1v) is 7.06. The monoisotopic (exact) mass is 299 g/mol. The number of aryl methyl sites for hydroxylation is 1. The highest BCUT2D eigenvalue weighted by Gasteiger charge is 2.08. The summed E-state index contributed by atoms with van der Waals surface area (Å²) in [5.41, 5.74) is 2.77. The number of hydrogen-bond donors (Lipinski definition) is 2. The van der Waals surface area contributed by atoms with Crippen LogP contribution in [0.4, 0.5) is 5.69 Å². The van der Waals surface area contributed by atoms with Crippen LogP contribution in [0.2, 0.25) is 5.02 Å². The van der Waals surface area contributed by atoms with E-state index >= 15 is 0 Å². The third-order valence-corrected chi connectivity index (χ3v) is 3.67. The molecular weight excluding hydrogens is 286 g/mol. The molecule has 0 saturated heterocycles. The van der Waals surface area contributed by atoms with Crippen LogP contribution in [-0.2, 0) is 11.2 Å². The Balaban J connectivity index is 1.65. The van der Waals surface area contributed by atoms with Gasteiger partial charge in [0, 0.05) is 29.7 Å². The van der Waals surface area contributed by atoms with E-state index in [2.05, 4.69) is 21.4 Å². The van der Waals surface area contributed by atoms with Crippen LogP contribution in [-0.4, -0.2) is 15.9 Å². The number of aromatic amines is 1. The van der Waals surface area contributed by atoms with E-state index < -0.39 is 0 Å². The first kappa shape index (κ1) is 13.6. The summed E-state index contributed by atoms with van der Waals surface area (Å²) in [6, 6.07) is 9.71. The molecule has 0 unspecified atom stereocenters. The molecule has 5 heteroatoms. The number of pyridine rings is 1. The van der Waals surface area contributed by atoms with E-state index in [0.717, 1.165) is 16.5 Å². The van der Waals surface area contributed by atoms with Gasteiger partial charge in [0.05, 0.1) is 16.9 Å². The Bertz CT molecular complexity index is 782. The van der Waals surface area contributed by atoms with Crippen LogP contribution in [0.1, 0.15) is 12.0 Å².